The van der Waals surface area contributed by atoms with Crippen LogP contribution in [0.25, 0.3) is 0 Å². The molecule has 5 nitrogen and oxygen atoms in total. The maximum atomic E-state index is 12.3. The van der Waals surface area contributed by atoms with E-state index in [4.69, 9.17) is 10.00 Å². The van der Waals surface area contributed by atoms with Gasteiger partial charge in [0.05, 0.1) is 12.1 Å². The van der Waals surface area contributed by atoms with Gasteiger partial charge in [-0.25, -0.2) is 0 Å². The number of nitriles is 1. The first-order valence-electron chi connectivity index (χ1n) is 6.67. The molecule has 3 atom stereocenters. The summed E-state index contributed by atoms with van der Waals surface area (Å²) in [6, 6.07) is 2.17. The van der Waals surface area contributed by atoms with Crippen LogP contribution in [0.15, 0.2) is 0 Å². The van der Waals surface area contributed by atoms with E-state index in [1.165, 1.54) is 0 Å². The van der Waals surface area contributed by atoms with E-state index in [0.29, 0.717) is 25.6 Å². The Bertz CT molecular complexity index is 345. The Morgan fingerprint density at radius 3 is 2.56 bits per heavy atom. The SMILES string of the molecule is CC1CCOC1C(=O)N1CCN(C(C)C#N)CC1. The summed E-state index contributed by atoms with van der Waals surface area (Å²) in [5.41, 5.74) is 0. The van der Waals surface area contributed by atoms with Gasteiger partial charge in [-0.05, 0) is 19.3 Å². The van der Waals surface area contributed by atoms with Gasteiger partial charge in [0, 0.05) is 32.8 Å². The first kappa shape index (κ1) is 13.3. The van der Waals surface area contributed by atoms with Crippen LogP contribution in [0.5, 0.6) is 0 Å². The van der Waals surface area contributed by atoms with Gasteiger partial charge in [0.25, 0.3) is 5.91 Å². The van der Waals surface area contributed by atoms with Crippen LogP contribution in [0.4, 0.5) is 0 Å². The molecule has 3 unspecified atom stereocenters. The van der Waals surface area contributed by atoms with Gasteiger partial charge in [-0.1, -0.05) is 6.92 Å². The molecule has 0 aliphatic carbocycles. The lowest BCUT2D eigenvalue weighted by Gasteiger charge is -2.37. The molecule has 18 heavy (non-hydrogen) atoms. The Morgan fingerprint density at radius 1 is 1.39 bits per heavy atom. The Labute approximate surface area is 108 Å². The molecule has 2 heterocycles. The Hall–Kier alpha value is -1.12. The van der Waals surface area contributed by atoms with Crippen molar-refractivity contribution in [3.63, 3.8) is 0 Å². The predicted octanol–water partition coefficient (Wildman–Crippen LogP) is 0.468. The number of hydrogen-bond donors (Lipinski definition) is 0. The molecule has 0 aromatic rings. The number of nitrogens with zero attached hydrogens (tertiary/aromatic N) is 3. The molecule has 2 aliphatic rings. The second kappa shape index (κ2) is 5.68. The normalized spacial score (nSPS) is 31.1. The quantitative estimate of drug-likeness (QED) is 0.716. The van der Waals surface area contributed by atoms with Gasteiger partial charge in [0.2, 0.25) is 0 Å². The number of ether oxygens (including phenoxy) is 1. The van der Waals surface area contributed by atoms with Gasteiger partial charge in [-0.2, -0.15) is 5.26 Å². The standard InChI is InChI=1S/C13H21N3O2/c1-10-3-8-18-12(10)13(17)16-6-4-15(5-7-16)11(2)9-14/h10-12H,3-8H2,1-2H3. The molecule has 5 heteroatoms. The molecule has 0 bridgehead atoms. The van der Waals surface area contributed by atoms with E-state index in [0.717, 1.165) is 19.5 Å². The molecule has 2 rings (SSSR count). The summed E-state index contributed by atoms with van der Waals surface area (Å²) in [6.07, 6.45) is 0.729. The number of hydrogen-bond acceptors (Lipinski definition) is 4. The van der Waals surface area contributed by atoms with Crippen molar-refractivity contribution in [1.29, 1.82) is 5.26 Å². The summed E-state index contributed by atoms with van der Waals surface area (Å²) < 4.78 is 5.52. The van der Waals surface area contributed by atoms with Crippen LogP contribution < -0.4 is 0 Å². The molecule has 0 radical (unpaired) electrons. The monoisotopic (exact) mass is 251 g/mol. The van der Waals surface area contributed by atoms with E-state index < -0.39 is 0 Å². The molecule has 0 spiro atoms. The van der Waals surface area contributed by atoms with E-state index in [2.05, 4.69) is 17.9 Å². The first-order chi connectivity index (χ1) is 8.63. The van der Waals surface area contributed by atoms with Crippen molar-refractivity contribution in [2.45, 2.75) is 32.4 Å². The van der Waals surface area contributed by atoms with Crippen molar-refractivity contribution in [2.75, 3.05) is 32.8 Å². The maximum absolute atomic E-state index is 12.3. The Balaban J connectivity index is 1.86. The van der Waals surface area contributed by atoms with Gasteiger partial charge < -0.3 is 9.64 Å². The lowest BCUT2D eigenvalue weighted by molar-refractivity contribution is -0.144. The molecule has 0 N–H and O–H groups in total. The highest BCUT2D eigenvalue weighted by Gasteiger charge is 2.35. The van der Waals surface area contributed by atoms with Crippen molar-refractivity contribution in [3.05, 3.63) is 0 Å². The summed E-state index contributed by atoms with van der Waals surface area (Å²) in [4.78, 5) is 16.3. The number of piperazine rings is 1. The predicted molar refractivity (Wildman–Crippen MR) is 66.7 cm³/mol. The summed E-state index contributed by atoms with van der Waals surface area (Å²) in [5, 5.41) is 8.88. The molecule has 2 aliphatic heterocycles. The average Bonchev–Trinajstić information content (AvgIpc) is 2.83. The zero-order valence-electron chi connectivity index (χ0n) is 11.1. The number of amides is 1. The van der Waals surface area contributed by atoms with Crippen molar-refractivity contribution >= 4 is 5.91 Å². The Morgan fingerprint density at radius 2 is 2.06 bits per heavy atom. The fourth-order valence-corrected chi connectivity index (χ4v) is 2.60. The van der Waals surface area contributed by atoms with Gasteiger partial charge in [-0.3, -0.25) is 9.69 Å². The van der Waals surface area contributed by atoms with E-state index in [-0.39, 0.29) is 18.1 Å². The molecule has 0 aromatic heterocycles. The fraction of sp³-hybridized carbons (Fsp3) is 0.846. The van der Waals surface area contributed by atoms with Crippen LogP contribution in [0, 0.1) is 17.2 Å². The fourth-order valence-electron chi connectivity index (χ4n) is 2.60. The third-order valence-corrected chi connectivity index (χ3v) is 3.99. The highest BCUT2D eigenvalue weighted by molar-refractivity contribution is 5.81. The summed E-state index contributed by atoms with van der Waals surface area (Å²) in [7, 11) is 0. The van der Waals surface area contributed by atoms with Crippen molar-refractivity contribution in [2.24, 2.45) is 5.92 Å². The van der Waals surface area contributed by atoms with Gasteiger partial charge in [-0.15, -0.1) is 0 Å². The highest BCUT2D eigenvalue weighted by Crippen LogP contribution is 2.22. The minimum absolute atomic E-state index is 0.0658. The molecular formula is C13H21N3O2. The van der Waals surface area contributed by atoms with E-state index in [1.807, 2.05) is 11.8 Å². The average molecular weight is 251 g/mol. The summed E-state index contributed by atoms with van der Waals surface area (Å²) in [6.45, 7) is 7.64. The molecule has 0 aromatic carbocycles. The van der Waals surface area contributed by atoms with Crippen molar-refractivity contribution in [1.82, 2.24) is 9.80 Å². The lowest BCUT2D eigenvalue weighted by Crippen LogP contribution is -2.53. The van der Waals surface area contributed by atoms with Gasteiger partial charge >= 0.3 is 0 Å². The smallest absolute Gasteiger partial charge is 0.252 e. The van der Waals surface area contributed by atoms with Gasteiger partial charge in [0.15, 0.2) is 0 Å². The van der Waals surface area contributed by atoms with Crippen LogP contribution in [-0.2, 0) is 9.53 Å². The molecular weight excluding hydrogens is 230 g/mol. The second-order valence-corrected chi connectivity index (χ2v) is 5.22. The van der Waals surface area contributed by atoms with Crippen molar-refractivity contribution in [3.8, 4) is 6.07 Å². The molecule has 2 saturated heterocycles. The van der Waals surface area contributed by atoms with Crippen LogP contribution in [-0.4, -0.2) is 60.6 Å². The molecule has 100 valence electrons. The van der Waals surface area contributed by atoms with Crippen LogP contribution in [0.1, 0.15) is 20.3 Å². The maximum Gasteiger partial charge on any atom is 0.252 e. The first-order valence-corrected chi connectivity index (χ1v) is 6.67. The Kier molecular flexibility index (Phi) is 4.20. The van der Waals surface area contributed by atoms with Crippen molar-refractivity contribution < 1.29 is 9.53 Å². The molecule has 2 fully saturated rings. The van der Waals surface area contributed by atoms with Crippen LogP contribution in [0.3, 0.4) is 0 Å². The third kappa shape index (κ3) is 2.65. The summed E-state index contributed by atoms with van der Waals surface area (Å²) >= 11 is 0. The van der Waals surface area contributed by atoms with E-state index >= 15 is 0 Å². The molecule has 1 amide bonds. The zero-order valence-corrected chi connectivity index (χ0v) is 11.1. The largest absolute Gasteiger partial charge is 0.368 e. The van der Waals surface area contributed by atoms with Crippen LogP contribution in [0.2, 0.25) is 0 Å². The number of carbonyl (C=O) groups is 1. The second-order valence-electron chi connectivity index (χ2n) is 5.22. The minimum atomic E-state index is -0.245. The van der Waals surface area contributed by atoms with E-state index in [1.54, 1.807) is 0 Å². The topological polar surface area (TPSA) is 56.6 Å². The minimum Gasteiger partial charge on any atom is -0.368 e. The zero-order chi connectivity index (χ0) is 13.1. The van der Waals surface area contributed by atoms with E-state index in [9.17, 15) is 4.79 Å². The number of carbonyl (C=O) groups excluding carboxylic acids is 1. The highest BCUT2D eigenvalue weighted by atomic mass is 16.5. The van der Waals surface area contributed by atoms with Gasteiger partial charge in [0.1, 0.15) is 6.10 Å². The third-order valence-electron chi connectivity index (χ3n) is 3.99. The summed E-state index contributed by atoms with van der Waals surface area (Å²) in [5.74, 6) is 0.456. The molecule has 0 saturated carbocycles. The number of rotatable bonds is 2. The lowest BCUT2D eigenvalue weighted by atomic mass is 10.0. The van der Waals surface area contributed by atoms with Crippen LogP contribution >= 0.6 is 0 Å².